The van der Waals surface area contributed by atoms with E-state index in [4.69, 9.17) is 18.0 Å². The average molecular weight is 349 g/mol. The maximum absolute atomic E-state index is 12.2. The van der Waals surface area contributed by atoms with Crippen molar-refractivity contribution in [3.63, 3.8) is 0 Å². The van der Waals surface area contributed by atoms with Crippen LogP contribution in [0, 0.1) is 6.92 Å². The van der Waals surface area contributed by atoms with E-state index >= 15 is 0 Å². The van der Waals surface area contributed by atoms with Crippen molar-refractivity contribution in [2.75, 3.05) is 12.8 Å². The quantitative estimate of drug-likeness (QED) is 0.719. The highest BCUT2D eigenvalue weighted by molar-refractivity contribution is 7.89. The van der Waals surface area contributed by atoms with Crippen molar-refractivity contribution < 1.29 is 12.6 Å². The summed E-state index contributed by atoms with van der Waals surface area (Å²) in [6.07, 6.45) is 2.13. The van der Waals surface area contributed by atoms with Gasteiger partial charge in [0.15, 0.2) is 0 Å². The molecule has 0 aromatic heterocycles. The molecule has 21 heavy (non-hydrogen) atoms. The van der Waals surface area contributed by atoms with Gasteiger partial charge in [-0.3, -0.25) is 4.21 Å². The molecule has 1 rings (SSSR count). The summed E-state index contributed by atoms with van der Waals surface area (Å²) in [6, 6.07) is 4.62. The van der Waals surface area contributed by atoms with Gasteiger partial charge >= 0.3 is 0 Å². The summed E-state index contributed by atoms with van der Waals surface area (Å²) in [4.78, 5) is 0.411. The minimum atomic E-state index is -3.58. The molecule has 0 bridgehead atoms. The summed E-state index contributed by atoms with van der Waals surface area (Å²) in [5.74, 6) is 0. The maximum Gasteiger partial charge on any atom is 0.240 e. The fourth-order valence-electron chi connectivity index (χ4n) is 1.73. The van der Waals surface area contributed by atoms with E-state index in [1.807, 2.05) is 6.92 Å². The first kappa shape index (κ1) is 18.2. The van der Waals surface area contributed by atoms with Crippen LogP contribution < -0.4 is 10.5 Å². The van der Waals surface area contributed by atoms with Crippen LogP contribution in [0.1, 0.15) is 24.5 Å². The summed E-state index contributed by atoms with van der Waals surface area (Å²) in [6.45, 7) is 3.83. The zero-order valence-electron chi connectivity index (χ0n) is 12.3. The summed E-state index contributed by atoms with van der Waals surface area (Å²) >= 11 is 4.89. The van der Waals surface area contributed by atoms with E-state index in [0.717, 1.165) is 0 Å². The molecule has 1 aromatic carbocycles. The van der Waals surface area contributed by atoms with Crippen molar-refractivity contribution in [1.82, 2.24) is 4.72 Å². The molecular formula is C13H20N2O3S3. The number of hydrogen-bond acceptors (Lipinski definition) is 4. The highest BCUT2D eigenvalue weighted by Gasteiger charge is 2.16. The number of nitrogens with one attached hydrogen (secondary N) is 1. The zero-order chi connectivity index (χ0) is 16.2. The fraction of sp³-hybridized carbons (Fsp3) is 0.462. The maximum atomic E-state index is 12.2. The average Bonchev–Trinajstić information content (AvgIpc) is 2.37. The molecule has 0 radical (unpaired) electrons. The van der Waals surface area contributed by atoms with Crippen molar-refractivity contribution in [1.29, 1.82) is 0 Å². The molecule has 118 valence electrons. The van der Waals surface area contributed by atoms with E-state index in [9.17, 15) is 12.6 Å². The van der Waals surface area contributed by atoms with E-state index in [0.29, 0.717) is 17.5 Å². The molecule has 1 aromatic rings. The molecule has 0 spiro atoms. The monoisotopic (exact) mass is 348 g/mol. The van der Waals surface area contributed by atoms with Crippen molar-refractivity contribution in [2.45, 2.75) is 30.4 Å². The van der Waals surface area contributed by atoms with Gasteiger partial charge in [0.2, 0.25) is 10.0 Å². The van der Waals surface area contributed by atoms with Crippen molar-refractivity contribution in [3.8, 4) is 0 Å². The Bertz CT molecular complexity index is 657. The van der Waals surface area contributed by atoms with E-state index < -0.39 is 20.8 Å². The molecule has 0 aliphatic rings. The summed E-state index contributed by atoms with van der Waals surface area (Å²) in [7, 11) is -4.54. The van der Waals surface area contributed by atoms with E-state index in [1.165, 1.54) is 12.1 Å². The lowest BCUT2D eigenvalue weighted by atomic mass is 10.1. The molecule has 8 heteroatoms. The van der Waals surface area contributed by atoms with Gasteiger partial charge in [0.25, 0.3) is 0 Å². The lowest BCUT2D eigenvalue weighted by Gasteiger charge is -2.11. The van der Waals surface area contributed by atoms with Crippen LogP contribution in [0.25, 0.3) is 0 Å². The van der Waals surface area contributed by atoms with Crippen LogP contribution in [-0.2, 0) is 20.8 Å². The predicted molar refractivity (Wildman–Crippen MR) is 90.4 cm³/mol. The third kappa shape index (κ3) is 5.14. The van der Waals surface area contributed by atoms with E-state index in [2.05, 4.69) is 4.72 Å². The Labute approximate surface area is 133 Å². The van der Waals surface area contributed by atoms with Crippen LogP contribution in [-0.4, -0.2) is 35.7 Å². The molecule has 5 nitrogen and oxygen atoms in total. The van der Waals surface area contributed by atoms with Crippen LogP contribution in [0.4, 0.5) is 0 Å². The molecule has 0 saturated carbocycles. The predicted octanol–water partition coefficient (Wildman–Crippen LogP) is 1.06. The third-order valence-electron chi connectivity index (χ3n) is 3.18. The van der Waals surface area contributed by atoms with Gasteiger partial charge in [0, 0.05) is 34.4 Å². The largest absolute Gasteiger partial charge is 0.389 e. The SMILES string of the molecule is Cc1cc(S(=O)(=O)NCCC(C)S(C)=O)ccc1C(N)=S. The normalized spacial score (nSPS) is 14.6. The minimum absolute atomic E-state index is 0.0496. The van der Waals surface area contributed by atoms with Gasteiger partial charge in [-0.25, -0.2) is 13.1 Å². The van der Waals surface area contributed by atoms with Gasteiger partial charge < -0.3 is 5.73 Å². The van der Waals surface area contributed by atoms with Crippen LogP contribution in [0.5, 0.6) is 0 Å². The number of thiocarbonyl (C=S) groups is 1. The van der Waals surface area contributed by atoms with Gasteiger partial charge in [0.1, 0.15) is 4.99 Å². The highest BCUT2D eigenvalue weighted by atomic mass is 32.2. The lowest BCUT2D eigenvalue weighted by molar-refractivity contribution is 0.578. The summed E-state index contributed by atoms with van der Waals surface area (Å²) < 4.78 is 38.1. The van der Waals surface area contributed by atoms with Crippen molar-refractivity contribution in [3.05, 3.63) is 29.3 Å². The molecule has 0 saturated heterocycles. The number of nitrogens with two attached hydrogens (primary N) is 1. The third-order valence-corrected chi connectivity index (χ3v) is 6.23. The molecule has 0 aliphatic carbocycles. The minimum Gasteiger partial charge on any atom is -0.389 e. The first-order valence-corrected chi connectivity index (χ1v) is 9.88. The Hall–Kier alpha value is -0.830. The summed E-state index contributed by atoms with van der Waals surface area (Å²) in [5, 5.41) is -0.0496. The van der Waals surface area contributed by atoms with Crippen molar-refractivity contribution >= 4 is 38.0 Å². The molecule has 0 fully saturated rings. The number of rotatable bonds is 7. The molecular weight excluding hydrogens is 328 g/mol. The Morgan fingerprint density at radius 1 is 1.48 bits per heavy atom. The number of hydrogen-bond donors (Lipinski definition) is 2. The molecule has 0 aliphatic heterocycles. The molecule has 2 atom stereocenters. The molecule has 3 N–H and O–H groups in total. The Balaban J connectivity index is 2.82. The van der Waals surface area contributed by atoms with E-state index in [-0.39, 0.29) is 21.7 Å². The molecule has 0 heterocycles. The van der Waals surface area contributed by atoms with Crippen LogP contribution >= 0.6 is 12.2 Å². The van der Waals surface area contributed by atoms with Gasteiger partial charge in [-0.1, -0.05) is 25.2 Å². The molecule has 0 amide bonds. The first-order chi connectivity index (χ1) is 9.65. The Morgan fingerprint density at radius 2 is 2.10 bits per heavy atom. The second-order valence-corrected chi connectivity index (χ2v) is 8.85. The highest BCUT2D eigenvalue weighted by Crippen LogP contribution is 2.15. The van der Waals surface area contributed by atoms with Crippen molar-refractivity contribution in [2.24, 2.45) is 5.73 Å². The van der Waals surface area contributed by atoms with Crippen LogP contribution in [0.2, 0.25) is 0 Å². The smallest absolute Gasteiger partial charge is 0.240 e. The number of benzene rings is 1. The fourth-order valence-corrected chi connectivity index (χ4v) is 3.54. The van der Waals surface area contributed by atoms with Gasteiger partial charge in [0.05, 0.1) is 4.90 Å². The first-order valence-electron chi connectivity index (χ1n) is 6.37. The lowest BCUT2D eigenvalue weighted by Crippen LogP contribution is -2.28. The number of aryl methyl sites for hydroxylation is 1. The van der Waals surface area contributed by atoms with Gasteiger partial charge in [-0.2, -0.15) is 0 Å². The Kier molecular flexibility index (Phi) is 6.45. The van der Waals surface area contributed by atoms with E-state index in [1.54, 1.807) is 19.2 Å². The summed E-state index contributed by atoms with van der Waals surface area (Å²) in [5.41, 5.74) is 6.93. The number of sulfonamides is 1. The topological polar surface area (TPSA) is 89.3 Å². The Morgan fingerprint density at radius 3 is 2.57 bits per heavy atom. The standard InChI is InChI=1S/C13H20N2O3S3/c1-9-8-11(4-5-12(9)13(14)19)21(17,18)15-7-6-10(2)20(3)16/h4-5,8,10,15H,6-7H2,1-3H3,(H2,14,19). The zero-order valence-corrected chi connectivity index (χ0v) is 14.7. The second kappa shape index (κ2) is 7.44. The van der Waals surface area contributed by atoms with Crippen LogP contribution in [0.3, 0.4) is 0 Å². The molecule has 2 unspecified atom stereocenters. The van der Waals surface area contributed by atoms with Crippen LogP contribution in [0.15, 0.2) is 23.1 Å². The van der Waals surface area contributed by atoms with Gasteiger partial charge in [-0.05, 0) is 31.0 Å². The second-order valence-electron chi connectivity index (χ2n) is 4.84. The van der Waals surface area contributed by atoms with Gasteiger partial charge in [-0.15, -0.1) is 0 Å².